The van der Waals surface area contributed by atoms with Gasteiger partial charge in [0.1, 0.15) is 0 Å². The highest BCUT2D eigenvalue weighted by molar-refractivity contribution is 14.0. The molecule has 3 rings (SSSR count). The third-order valence-electron chi connectivity index (χ3n) is 4.88. The van der Waals surface area contributed by atoms with Crippen LogP contribution < -0.4 is 10.6 Å². The average Bonchev–Trinajstić information content (AvgIpc) is 3.19. The summed E-state index contributed by atoms with van der Waals surface area (Å²) in [5, 5.41) is 8.06. The predicted octanol–water partition coefficient (Wildman–Crippen LogP) is 4.25. The molecule has 7 heteroatoms. The maximum absolute atomic E-state index is 5.66. The Morgan fingerprint density at radius 2 is 1.81 bits per heavy atom. The summed E-state index contributed by atoms with van der Waals surface area (Å²) in [6, 6.07) is 16.8. The number of para-hydroxylation sites is 1. The third-order valence-corrected chi connectivity index (χ3v) is 4.88. The summed E-state index contributed by atoms with van der Waals surface area (Å²) in [7, 11) is 1.80. The van der Waals surface area contributed by atoms with Crippen LogP contribution in [0.5, 0.6) is 0 Å². The molecule has 0 saturated heterocycles. The van der Waals surface area contributed by atoms with Gasteiger partial charge in [0.05, 0.1) is 19.8 Å². The van der Waals surface area contributed by atoms with E-state index in [2.05, 4.69) is 75.3 Å². The van der Waals surface area contributed by atoms with Crippen LogP contribution in [-0.2, 0) is 29.0 Å². The molecule has 0 bridgehead atoms. The van der Waals surface area contributed by atoms with Gasteiger partial charge in [0, 0.05) is 43.8 Å². The van der Waals surface area contributed by atoms with E-state index in [1.54, 1.807) is 7.05 Å². The molecule has 0 fully saturated rings. The molecule has 3 aromatic rings. The van der Waals surface area contributed by atoms with Crippen LogP contribution in [0.25, 0.3) is 10.9 Å². The second-order valence-electron chi connectivity index (χ2n) is 7.03. The normalized spacial score (nSPS) is 11.4. The predicted molar refractivity (Wildman–Crippen MR) is 138 cm³/mol. The van der Waals surface area contributed by atoms with E-state index in [0.29, 0.717) is 26.4 Å². The lowest BCUT2D eigenvalue weighted by Crippen LogP contribution is -2.37. The van der Waals surface area contributed by atoms with Crippen molar-refractivity contribution in [3.05, 3.63) is 71.4 Å². The van der Waals surface area contributed by atoms with Gasteiger partial charge in [-0.25, -0.2) is 0 Å². The van der Waals surface area contributed by atoms with E-state index in [-0.39, 0.29) is 24.0 Å². The zero-order chi connectivity index (χ0) is 21.0. The molecule has 0 radical (unpaired) electrons. The second kappa shape index (κ2) is 14.1. The number of rotatable bonds is 11. The highest BCUT2D eigenvalue weighted by Gasteiger charge is 2.04. The van der Waals surface area contributed by atoms with Crippen molar-refractivity contribution in [1.82, 2.24) is 15.6 Å². The first-order chi connectivity index (χ1) is 14.8. The van der Waals surface area contributed by atoms with Crippen molar-refractivity contribution in [2.24, 2.45) is 4.99 Å². The van der Waals surface area contributed by atoms with Gasteiger partial charge in [-0.15, -0.1) is 24.0 Å². The fourth-order valence-electron chi connectivity index (χ4n) is 3.34. The third kappa shape index (κ3) is 8.16. The highest BCUT2D eigenvalue weighted by Crippen LogP contribution is 2.17. The molecule has 1 aromatic heterocycles. The van der Waals surface area contributed by atoms with Gasteiger partial charge < -0.3 is 25.1 Å². The number of H-pyrrole nitrogens is 1. The van der Waals surface area contributed by atoms with Crippen LogP contribution in [0.2, 0.25) is 0 Å². The smallest absolute Gasteiger partial charge is 0.191 e. The Morgan fingerprint density at radius 3 is 2.65 bits per heavy atom. The number of fused-ring (bicyclic) bond motifs is 1. The Hall–Kier alpha value is -2.10. The van der Waals surface area contributed by atoms with Gasteiger partial charge in [0.2, 0.25) is 0 Å². The number of guanidine groups is 1. The minimum atomic E-state index is 0. The molecular weight excluding hydrogens is 503 g/mol. The maximum Gasteiger partial charge on any atom is 0.191 e. The molecular formula is C24H33IN4O2. The summed E-state index contributed by atoms with van der Waals surface area (Å²) in [6.45, 7) is 6.08. The topological polar surface area (TPSA) is 70.7 Å². The fourth-order valence-corrected chi connectivity index (χ4v) is 3.34. The van der Waals surface area contributed by atoms with Crippen molar-refractivity contribution < 1.29 is 9.47 Å². The molecule has 0 saturated carbocycles. The lowest BCUT2D eigenvalue weighted by atomic mass is 10.1. The largest absolute Gasteiger partial charge is 0.379 e. The summed E-state index contributed by atoms with van der Waals surface area (Å²) < 4.78 is 11.0. The molecule has 2 aromatic carbocycles. The zero-order valence-corrected chi connectivity index (χ0v) is 20.6. The molecule has 0 amide bonds. The van der Waals surface area contributed by atoms with E-state index in [0.717, 1.165) is 31.1 Å². The molecule has 168 valence electrons. The first kappa shape index (κ1) is 25.2. The van der Waals surface area contributed by atoms with Crippen LogP contribution in [0.1, 0.15) is 23.6 Å². The number of halogens is 1. The summed E-state index contributed by atoms with van der Waals surface area (Å²) in [5.74, 6) is 0.799. The maximum atomic E-state index is 5.66. The number of ether oxygens (including phenoxy) is 2. The number of aliphatic imine (C=N–C) groups is 1. The van der Waals surface area contributed by atoms with Gasteiger partial charge >= 0.3 is 0 Å². The average molecular weight is 536 g/mol. The van der Waals surface area contributed by atoms with Crippen LogP contribution in [0.3, 0.4) is 0 Å². The minimum absolute atomic E-state index is 0. The highest BCUT2D eigenvalue weighted by atomic mass is 127. The zero-order valence-electron chi connectivity index (χ0n) is 18.3. The SMILES string of the molecule is CCOCCOCc1cccc(CNC(=NC)NCCc2c[nH]c3ccccc23)c1.I. The molecule has 1 heterocycles. The number of hydrogen-bond acceptors (Lipinski definition) is 3. The van der Waals surface area contributed by atoms with Crippen LogP contribution in [-0.4, -0.2) is 44.4 Å². The quantitative estimate of drug-likeness (QED) is 0.148. The van der Waals surface area contributed by atoms with Crippen molar-refractivity contribution >= 4 is 40.8 Å². The molecule has 0 unspecified atom stereocenters. The van der Waals surface area contributed by atoms with Crippen LogP contribution in [0.4, 0.5) is 0 Å². The monoisotopic (exact) mass is 536 g/mol. The number of nitrogens with zero attached hydrogens (tertiary/aromatic N) is 1. The second-order valence-corrected chi connectivity index (χ2v) is 7.03. The van der Waals surface area contributed by atoms with Crippen molar-refractivity contribution in [3.8, 4) is 0 Å². The van der Waals surface area contributed by atoms with Gasteiger partial charge in [-0.2, -0.15) is 0 Å². The first-order valence-electron chi connectivity index (χ1n) is 10.5. The standard InChI is InChI=1S/C24H32N4O2.HI/c1-3-29-13-14-30-18-20-8-6-7-19(15-20)16-28-24(25-2)26-12-11-21-17-27-23-10-5-4-9-22(21)23;/h4-10,15,17,27H,3,11-14,16,18H2,1-2H3,(H2,25,26,28);1H. The van der Waals surface area contributed by atoms with Crippen molar-refractivity contribution in [2.75, 3.05) is 33.4 Å². The van der Waals surface area contributed by atoms with E-state index >= 15 is 0 Å². The minimum Gasteiger partial charge on any atom is -0.379 e. The summed E-state index contributed by atoms with van der Waals surface area (Å²) in [5.41, 5.74) is 4.84. The van der Waals surface area contributed by atoms with E-state index in [9.17, 15) is 0 Å². The van der Waals surface area contributed by atoms with Gasteiger partial charge in [0.15, 0.2) is 5.96 Å². The van der Waals surface area contributed by atoms with E-state index < -0.39 is 0 Å². The molecule has 3 N–H and O–H groups in total. The number of nitrogens with one attached hydrogen (secondary N) is 3. The number of hydrogen-bond donors (Lipinski definition) is 3. The summed E-state index contributed by atoms with van der Waals surface area (Å²) in [4.78, 5) is 7.66. The molecule has 0 atom stereocenters. The Labute approximate surface area is 201 Å². The van der Waals surface area contributed by atoms with E-state index in [1.165, 1.54) is 22.0 Å². The Balaban J connectivity index is 0.00000341. The van der Waals surface area contributed by atoms with Gasteiger partial charge in [0.25, 0.3) is 0 Å². The Kier molecular flexibility index (Phi) is 11.4. The first-order valence-corrected chi connectivity index (χ1v) is 10.5. The van der Waals surface area contributed by atoms with Crippen molar-refractivity contribution in [1.29, 1.82) is 0 Å². The van der Waals surface area contributed by atoms with Gasteiger partial charge in [-0.3, -0.25) is 4.99 Å². The van der Waals surface area contributed by atoms with Gasteiger partial charge in [-0.1, -0.05) is 42.5 Å². The van der Waals surface area contributed by atoms with Crippen LogP contribution in [0, 0.1) is 0 Å². The van der Waals surface area contributed by atoms with E-state index in [1.807, 2.05) is 6.92 Å². The van der Waals surface area contributed by atoms with Crippen LogP contribution in [0.15, 0.2) is 59.7 Å². The molecule has 31 heavy (non-hydrogen) atoms. The van der Waals surface area contributed by atoms with Crippen molar-refractivity contribution in [3.63, 3.8) is 0 Å². The van der Waals surface area contributed by atoms with E-state index in [4.69, 9.17) is 9.47 Å². The lowest BCUT2D eigenvalue weighted by molar-refractivity contribution is 0.0453. The number of aromatic amines is 1. The molecule has 0 aliphatic rings. The number of aromatic nitrogens is 1. The van der Waals surface area contributed by atoms with Gasteiger partial charge in [-0.05, 0) is 36.1 Å². The molecule has 0 aliphatic heterocycles. The van der Waals surface area contributed by atoms with Crippen molar-refractivity contribution in [2.45, 2.75) is 26.5 Å². The Morgan fingerprint density at radius 1 is 1.00 bits per heavy atom. The Bertz CT molecular complexity index is 942. The summed E-state index contributed by atoms with van der Waals surface area (Å²) in [6.07, 6.45) is 3.02. The molecule has 6 nitrogen and oxygen atoms in total. The molecule has 0 aliphatic carbocycles. The summed E-state index contributed by atoms with van der Waals surface area (Å²) >= 11 is 0. The fraction of sp³-hybridized carbons (Fsp3) is 0.375. The molecule has 0 spiro atoms. The number of benzene rings is 2. The van der Waals surface area contributed by atoms with Crippen LogP contribution >= 0.6 is 24.0 Å². The lowest BCUT2D eigenvalue weighted by Gasteiger charge is -2.12.